The van der Waals surface area contributed by atoms with Crippen molar-refractivity contribution >= 4 is 18.0 Å². The lowest BCUT2D eigenvalue weighted by molar-refractivity contribution is -0.202. The lowest BCUT2D eigenvalue weighted by Crippen LogP contribution is -2.54. The molecule has 0 aliphatic heterocycles. The minimum atomic E-state index is -1.99. The molecule has 6 nitrogen and oxygen atoms in total. The first-order chi connectivity index (χ1) is 11.9. The van der Waals surface area contributed by atoms with Crippen LogP contribution in [0.5, 0.6) is 0 Å². The highest BCUT2D eigenvalue weighted by molar-refractivity contribution is 6.07. The van der Waals surface area contributed by atoms with Crippen molar-refractivity contribution in [3.63, 3.8) is 0 Å². The van der Waals surface area contributed by atoms with Crippen molar-refractivity contribution in [1.82, 2.24) is 0 Å². The summed E-state index contributed by atoms with van der Waals surface area (Å²) >= 11 is 0. The molecule has 0 saturated heterocycles. The number of ether oxygens (including phenoxy) is 2. The van der Waals surface area contributed by atoms with Crippen LogP contribution in [0.4, 0.5) is 0 Å². The molecule has 0 saturated carbocycles. The van der Waals surface area contributed by atoms with Crippen LogP contribution in [0.1, 0.15) is 58.8 Å². The predicted octanol–water partition coefficient (Wildman–Crippen LogP) is 2.58. The van der Waals surface area contributed by atoms with Gasteiger partial charge in [0.25, 0.3) is 0 Å². The van der Waals surface area contributed by atoms with Crippen molar-refractivity contribution in [3.8, 4) is 0 Å². The summed E-state index contributed by atoms with van der Waals surface area (Å²) in [6.07, 6.45) is 5.50. The number of carbonyl (C=O) groups is 3. The van der Waals surface area contributed by atoms with Crippen molar-refractivity contribution in [2.24, 2.45) is 11.8 Å². The highest BCUT2D eigenvalue weighted by atomic mass is 16.6. The summed E-state index contributed by atoms with van der Waals surface area (Å²) < 4.78 is 10.0. The van der Waals surface area contributed by atoms with Crippen LogP contribution in [-0.2, 0) is 23.9 Å². The van der Waals surface area contributed by atoms with Gasteiger partial charge in [-0.15, -0.1) is 0 Å². The molecule has 1 aliphatic carbocycles. The molecule has 0 heterocycles. The summed E-state index contributed by atoms with van der Waals surface area (Å²) in [5.41, 5.74) is 0.302. The van der Waals surface area contributed by atoms with Gasteiger partial charge < -0.3 is 14.6 Å². The topological polar surface area (TPSA) is 89.9 Å². The number of ketones is 1. The minimum Gasteiger partial charge on any atom is -0.468 e. The zero-order chi connectivity index (χ0) is 19.0. The van der Waals surface area contributed by atoms with Crippen LogP contribution in [0.15, 0.2) is 11.1 Å². The Bertz CT molecular complexity index is 524. The Labute approximate surface area is 149 Å². The zero-order valence-corrected chi connectivity index (χ0v) is 15.7. The van der Waals surface area contributed by atoms with Gasteiger partial charge in [0.2, 0.25) is 5.79 Å². The summed E-state index contributed by atoms with van der Waals surface area (Å²) in [6, 6.07) is 0. The predicted molar refractivity (Wildman–Crippen MR) is 92.7 cm³/mol. The van der Waals surface area contributed by atoms with E-state index >= 15 is 0 Å². The summed E-state index contributed by atoms with van der Waals surface area (Å²) in [4.78, 5) is 37.0. The third-order valence-electron chi connectivity index (χ3n) is 4.91. The van der Waals surface area contributed by atoms with Crippen LogP contribution in [0, 0.1) is 11.8 Å². The average Bonchev–Trinajstić information content (AvgIpc) is 2.61. The molecule has 3 unspecified atom stereocenters. The number of hydrogen-bond acceptors (Lipinski definition) is 6. The van der Waals surface area contributed by atoms with Crippen molar-refractivity contribution in [1.29, 1.82) is 0 Å². The Morgan fingerprint density at radius 1 is 1.20 bits per heavy atom. The molecule has 6 heteroatoms. The fraction of sp³-hybridized carbons (Fsp3) is 0.737. The average molecular weight is 354 g/mol. The number of aliphatic hydroxyl groups is 1. The fourth-order valence-electron chi connectivity index (χ4n) is 3.59. The molecule has 0 amide bonds. The molecule has 0 bridgehead atoms. The van der Waals surface area contributed by atoms with Gasteiger partial charge in [0.15, 0.2) is 12.1 Å². The number of carbonyl (C=O) groups excluding carboxylic acids is 3. The Kier molecular flexibility index (Phi) is 8.45. The SMILES string of the molecule is CCCCCCC1C(=O)C(C(=O)OC)C(CCC)=C(C=O)C1(O)OC. The standard InChI is InChI=1S/C19H30O6/c1-5-7-8-9-11-14-17(21)16(18(22)24-3)13(10-6-2)15(12-20)19(14,23)25-4/h12,14,16,23H,5-11H2,1-4H3. The second-order valence-electron chi connectivity index (χ2n) is 6.47. The van der Waals surface area contributed by atoms with Gasteiger partial charge in [-0.3, -0.25) is 14.4 Å². The molecule has 0 spiro atoms. The zero-order valence-electron chi connectivity index (χ0n) is 15.7. The number of unbranched alkanes of at least 4 members (excludes halogenated alkanes) is 3. The van der Waals surface area contributed by atoms with E-state index in [0.29, 0.717) is 37.5 Å². The third kappa shape index (κ3) is 4.36. The molecule has 0 aromatic rings. The van der Waals surface area contributed by atoms with E-state index in [9.17, 15) is 19.5 Å². The van der Waals surface area contributed by atoms with Crippen molar-refractivity contribution < 1.29 is 29.0 Å². The molecule has 3 atom stereocenters. The Morgan fingerprint density at radius 3 is 2.36 bits per heavy atom. The summed E-state index contributed by atoms with van der Waals surface area (Å²) in [6.45, 7) is 3.95. The van der Waals surface area contributed by atoms with Crippen molar-refractivity contribution in [3.05, 3.63) is 11.1 Å². The molecule has 1 rings (SSSR count). The molecular weight excluding hydrogens is 324 g/mol. The summed E-state index contributed by atoms with van der Waals surface area (Å²) in [5, 5.41) is 11.0. The summed E-state index contributed by atoms with van der Waals surface area (Å²) in [5.74, 6) is -5.21. The van der Waals surface area contributed by atoms with Gasteiger partial charge >= 0.3 is 5.97 Å². The molecule has 0 radical (unpaired) electrons. The van der Waals surface area contributed by atoms with Crippen molar-refractivity contribution in [2.75, 3.05) is 14.2 Å². The van der Waals surface area contributed by atoms with Crippen LogP contribution in [0.25, 0.3) is 0 Å². The number of esters is 1. The lowest BCUT2D eigenvalue weighted by atomic mass is 9.69. The van der Waals surface area contributed by atoms with Crippen LogP contribution in [-0.4, -0.2) is 43.2 Å². The number of hydrogen-bond donors (Lipinski definition) is 1. The molecule has 1 N–H and O–H groups in total. The van der Waals surface area contributed by atoms with Crippen molar-refractivity contribution in [2.45, 2.75) is 64.6 Å². The van der Waals surface area contributed by atoms with Crippen LogP contribution < -0.4 is 0 Å². The molecule has 0 aromatic heterocycles. The Hall–Kier alpha value is -1.53. The van der Waals surface area contributed by atoms with E-state index in [1.54, 1.807) is 0 Å². The number of Topliss-reactive ketones (excluding diaryl/α,β-unsaturated/α-hetero) is 1. The largest absolute Gasteiger partial charge is 0.468 e. The second-order valence-corrected chi connectivity index (χ2v) is 6.47. The third-order valence-corrected chi connectivity index (χ3v) is 4.91. The van der Waals surface area contributed by atoms with Gasteiger partial charge in [-0.2, -0.15) is 0 Å². The fourth-order valence-corrected chi connectivity index (χ4v) is 3.59. The molecule has 1 aliphatic rings. The van der Waals surface area contributed by atoms with E-state index in [1.165, 1.54) is 14.2 Å². The molecular formula is C19H30O6. The Morgan fingerprint density at radius 2 is 1.88 bits per heavy atom. The quantitative estimate of drug-likeness (QED) is 0.213. The van der Waals surface area contributed by atoms with Gasteiger partial charge in [-0.25, -0.2) is 0 Å². The monoisotopic (exact) mass is 354 g/mol. The maximum Gasteiger partial charge on any atom is 0.320 e. The number of aldehydes is 1. The first-order valence-corrected chi connectivity index (χ1v) is 9.00. The van der Waals surface area contributed by atoms with E-state index in [1.807, 2.05) is 6.92 Å². The lowest BCUT2D eigenvalue weighted by Gasteiger charge is -2.41. The second kappa shape index (κ2) is 9.82. The first kappa shape index (κ1) is 21.5. The van der Waals surface area contributed by atoms with E-state index in [0.717, 1.165) is 19.3 Å². The smallest absolute Gasteiger partial charge is 0.320 e. The van der Waals surface area contributed by atoms with E-state index in [-0.39, 0.29) is 5.57 Å². The first-order valence-electron chi connectivity index (χ1n) is 9.00. The van der Waals surface area contributed by atoms with Crippen LogP contribution >= 0.6 is 0 Å². The molecule has 0 fully saturated rings. The van der Waals surface area contributed by atoms with Gasteiger partial charge in [0.1, 0.15) is 5.92 Å². The molecule has 0 aromatic carbocycles. The van der Waals surface area contributed by atoms with E-state index in [2.05, 4.69) is 6.92 Å². The van der Waals surface area contributed by atoms with Gasteiger partial charge in [-0.1, -0.05) is 46.0 Å². The molecule has 142 valence electrons. The highest BCUT2D eigenvalue weighted by Crippen LogP contribution is 2.43. The number of methoxy groups -OCH3 is 2. The minimum absolute atomic E-state index is 0.00709. The Balaban J connectivity index is 3.36. The number of rotatable bonds is 10. The van der Waals surface area contributed by atoms with Gasteiger partial charge in [0, 0.05) is 7.11 Å². The normalized spacial score (nSPS) is 26.7. The van der Waals surface area contributed by atoms with E-state index in [4.69, 9.17) is 9.47 Å². The summed E-state index contributed by atoms with van der Waals surface area (Å²) in [7, 11) is 2.49. The maximum absolute atomic E-state index is 13.0. The van der Waals surface area contributed by atoms with Gasteiger partial charge in [0.05, 0.1) is 18.6 Å². The molecule has 25 heavy (non-hydrogen) atoms. The van der Waals surface area contributed by atoms with Crippen LogP contribution in [0.2, 0.25) is 0 Å². The maximum atomic E-state index is 13.0. The van der Waals surface area contributed by atoms with Crippen LogP contribution in [0.3, 0.4) is 0 Å². The van der Waals surface area contributed by atoms with Gasteiger partial charge in [-0.05, 0) is 18.4 Å². The van der Waals surface area contributed by atoms with E-state index < -0.39 is 29.4 Å². The highest BCUT2D eigenvalue weighted by Gasteiger charge is 2.54.